The highest BCUT2D eigenvalue weighted by Crippen LogP contribution is 2.06. The van der Waals surface area contributed by atoms with Gasteiger partial charge in [-0.2, -0.15) is 5.10 Å². The molecule has 1 heterocycles. The van der Waals surface area contributed by atoms with E-state index in [1.807, 2.05) is 19.9 Å². The topological polar surface area (TPSA) is 64.4 Å². The fourth-order valence-electron chi connectivity index (χ4n) is 2.37. The molecule has 7 heteroatoms. The molecule has 1 aromatic carbocycles. The third kappa shape index (κ3) is 5.70. The quantitative estimate of drug-likeness (QED) is 0.721. The number of aromatic nitrogens is 2. The van der Waals surface area contributed by atoms with Crippen molar-refractivity contribution in [1.29, 1.82) is 0 Å². The summed E-state index contributed by atoms with van der Waals surface area (Å²) in [5, 5.41) is 4.27. The van der Waals surface area contributed by atoms with Crippen LogP contribution >= 0.6 is 0 Å². The molecular weight excluding hydrogens is 325 g/mol. The number of rotatable bonds is 7. The highest BCUT2D eigenvalue weighted by molar-refractivity contribution is 5.80. The maximum absolute atomic E-state index is 12.9. The van der Waals surface area contributed by atoms with Gasteiger partial charge in [0.25, 0.3) is 5.91 Å². The predicted molar refractivity (Wildman–Crippen MR) is 90.2 cm³/mol. The molecule has 2 aromatic rings. The summed E-state index contributed by atoms with van der Waals surface area (Å²) < 4.78 is 19.6. The van der Waals surface area contributed by atoms with Crippen LogP contribution in [0.5, 0.6) is 0 Å². The maximum Gasteiger partial charge on any atom is 0.308 e. The minimum atomic E-state index is -0.448. The molecule has 134 valence electrons. The van der Waals surface area contributed by atoms with Crippen LogP contribution in [0.2, 0.25) is 0 Å². The van der Waals surface area contributed by atoms with E-state index in [-0.39, 0.29) is 24.8 Å². The van der Waals surface area contributed by atoms with Crippen molar-refractivity contribution in [3.05, 3.63) is 53.1 Å². The van der Waals surface area contributed by atoms with Crippen molar-refractivity contribution >= 4 is 11.9 Å². The van der Waals surface area contributed by atoms with Gasteiger partial charge in [-0.05, 0) is 37.6 Å². The van der Waals surface area contributed by atoms with Gasteiger partial charge in [-0.1, -0.05) is 12.1 Å². The third-order valence-electron chi connectivity index (χ3n) is 3.75. The molecule has 25 heavy (non-hydrogen) atoms. The van der Waals surface area contributed by atoms with Gasteiger partial charge in [0.15, 0.2) is 6.61 Å². The molecule has 2 rings (SSSR count). The molecule has 0 aliphatic carbocycles. The smallest absolute Gasteiger partial charge is 0.308 e. The van der Waals surface area contributed by atoms with Crippen LogP contribution in [0.15, 0.2) is 30.3 Å². The van der Waals surface area contributed by atoms with Crippen LogP contribution in [0.25, 0.3) is 0 Å². The summed E-state index contributed by atoms with van der Waals surface area (Å²) in [5.41, 5.74) is 2.66. The van der Waals surface area contributed by atoms with Crippen LogP contribution in [0.3, 0.4) is 0 Å². The van der Waals surface area contributed by atoms with E-state index in [9.17, 15) is 14.0 Å². The van der Waals surface area contributed by atoms with Gasteiger partial charge in [0, 0.05) is 19.3 Å². The van der Waals surface area contributed by atoms with E-state index in [0.717, 1.165) is 17.0 Å². The van der Waals surface area contributed by atoms with Crippen LogP contribution in [-0.4, -0.2) is 40.2 Å². The predicted octanol–water partition coefficient (Wildman–Crippen LogP) is 2.23. The number of benzene rings is 1. The minimum Gasteiger partial charge on any atom is -0.456 e. The first kappa shape index (κ1) is 18.6. The number of amides is 1. The lowest BCUT2D eigenvalue weighted by atomic mass is 10.2. The molecule has 0 fully saturated rings. The molecule has 0 aliphatic rings. The first-order chi connectivity index (χ1) is 11.8. The first-order valence-corrected chi connectivity index (χ1v) is 8.00. The summed E-state index contributed by atoms with van der Waals surface area (Å²) >= 11 is 0. The summed E-state index contributed by atoms with van der Waals surface area (Å²) in [6.45, 7) is 4.23. The van der Waals surface area contributed by atoms with Crippen molar-refractivity contribution < 1.29 is 18.7 Å². The summed E-state index contributed by atoms with van der Waals surface area (Å²) in [6, 6.07) is 7.83. The molecule has 0 atom stereocenters. The third-order valence-corrected chi connectivity index (χ3v) is 3.75. The Hall–Kier alpha value is -2.70. The van der Waals surface area contributed by atoms with E-state index in [1.165, 1.54) is 17.0 Å². The van der Waals surface area contributed by atoms with Gasteiger partial charge in [0.05, 0.1) is 18.7 Å². The highest BCUT2D eigenvalue weighted by Gasteiger charge is 2.13. The average molecular weight is 347 g/mol. The first-order valence-electron chi connectivity index (χ1n) is 8.00. The number of aryl methyl sites for hydroxylation is 3. The van der Waals surface area contributed by atoms with Crippen LogP contribution in [0.4, 0.5) is 4.39 Å². The Labute approximate surface area is 146 Å². The van der Waals surface area contributed by atoms with E-state index in [4.69, 9.17) is 4.74 Å². The number of carbonyl (C=O) groups excluding carboxylic acids is 2. The van der Waals surface area contributed by atoms with Gasteiger partial charge in [-0.3, -0.25) is 14.3 Å². The van der Waals surface area contributed by atoms with Crippen molar-refractivity contribution in [1.82, 2.24) is 14.7 Å². The van der Waals surface area contributed by atoms with Gasteiger partial charge in [-0.15, -0.1) is 0 Å². The highest BCUT2D eigenvalue weighted by atomic mass is 19.1. The van der Waals surface area contributed by atoms with Gasteiger partial charge in [-0.25, -0.2) is 4.39 Å². The Morgan fingerprint density at radius 2 is 1.92 bits per heavy atom. The Kier molecular flexibility index (Phi) is 6.27. The molecule has 0 saturated heterocycles. The van der Waals surface area contributed by atoms with E-state index in [1.54, 1.807) is 23.9 Å². The second kappa shape index (κ2) is 8.41. The number of hydrogen-bond donors (Lipinski definition) is 0. The van der Waals surface area contributed by atoms with Crippen molar-refractivity contribution in [2.75, 3.05) is 13.7 Å². The Morgan fingerprint density at radius 3 is 2.52 bits per heavy atom. The molecule has 0 unspecified atom stereocenters. The number of ether oxygens (including phenoxy) is 1. The van der Waals surface area contributed by atoms with E-state index < -0.39 is 5.97 Å². The number of halogens is 1. The lowest BCUT2D eigenvalue weighted by Crippen LogP contribution is -2.31. The summed E-state index contributed by atoms with van der Waals surface area (Å²) in [4.78, 5) is 25.2. The number of hydrogen-bond acceptors (Lipinski definition) is 4. The molecule has 0 bridgehead atoms. The molecule has 1 aromatic heterocycles. The van der Waals surface area contributed by atoms with Crippen LogP contribution in [0, 0.1) is 19.7 Å². The number of carbonyl (C=O) groups is 2. The SMILES string of the molecule is Cc1cc(C)n(CCC(=O)OCC(=O)N(C)Cc2ccc(F)cc2)n1. The van der Waals surface area contributed by atoms with Crippen LogP contribution in [0.1, 0.15) is 23.4 Å². The molecule has 0 aliphatic heterocycles. The Bertz CT molecular complexity index is 741. The minimum absolute atomic E-state index is 0.150. The van der Waals surface area contributed by atoms with E-state index in [2.05, 4.69) is 5.10 Å². The molecule has 1 amide bonds. The van der Waals surface area contributed by atoms with Crippen molar-refractivity contribution in [3.8, 4) is 0 Å². The number of esters is 1. The van der Waals surface area contributed by atoms with Gasteiger partial charge in [0.1, 0.15) is 5.82 Å². The molecule has 0 saturated carbocycles. The summed E-state index contributed by atoms with van der Waals surface area (Å²) in [6.07, 6.45) is 0.150. The zero-order chi connectivity index (χ0) is 18.4. The molecule has 0 radical (unpaired) electrons. The second-order valence-electron chi connectivity index (χ2n) is 5.94. The zero-order valence-electron chi connectivity index (χ0n) is 14.7. The van der Waals surface area contributed by atoms with Gasteiger partial charge in [0.2, 0.25) is 0 Å². The average Bonchev–Trinajstić information content (AvgIpc) is 2.90. The molecule has 6 nitrogen and oxygen atoms in total. The van der Waals surface area contributed by atoms with E-state index in [0.29, 0.717) is 13.1 Å². The zero-order valence-corrected chi connectivity index (χ0v) is 14.7. The number of likely N-dealkylation sites (N-methyl/N-ethyl adjacent to an activating group) is 1. The van der Waals surface area contributed by atoms with Crippen molar-refractivity contribution in [3.63, 3.8) is 0 Å². The van der Waals surface area contributed by atoms with Crippen LogP contribution < -0.4 is 0 Å². The summed E-state index contributed by atoms with van der Waals surface area (Å²) in [5.74, 6) is -1.09. The fraction of sp³-hybridized carbons (Fsp3) is 0.389. The lowest BCUT2D eigenvalue weighted by Gasteiger charge is -2.17. The fourth-order valence-corrected chi connectivity index (χ4v) is 2.37. The maximum atomic E-state index is 12.9. The Balaban J connectivity index is 1.73. The standard InChI is InChI=1S/C18H22FN3O3/c1-13-10-14(2)22(20-13)9-8-18(24)25-12-17(23)21(3)11-15-4-6-16(19)7-5-15/h4-7,10H,8-9,11-12H2,1-3H3. The largest absolute Gasteiger partial charge is 0.456 e. The summed E-state index contributed by atoms with van der Waals surface area (Å²) in [7, 11) is 1.61. The molecule has 0 spiro atoms. The second-order valence-corrected chi connectivity index (χ2v) is 5.94. The van der Waals surface area contributed by atoms with Gasteiger partial charge < -0.3 is 9.64 Å². The molecular formula is C18H22FN3O3. The number of nitrogens with zero attached hydrogens (tertiary/aromatic N) is 3. The van der Waals surface area contributed by atoms with Crippen LogP contribution in [-0.2, 0) is 27.4 Å². The Morgan fingerprint density at radius 1 is 1.24 bits per heavy atom. The van der Waals surface area contributed by atoms with Gasteiger partial charge >= 0.3 is 5.97 Å². The monoisotopic (exact) mass is 347 g/mol. The lowest BCUT2D eigenvalue weighted by molar-refractivity contribution is -0.151. The van der Waals surface area contributed by atoms with E-state index >= 15 is 0 Å². The normalized spacial score (nSPS) is 10.6. The van der Waals surface area contributed by atoms with Crippen molar-refractivity contribution in [2.24, 2.45) is 0 Å². The van der Waals surface area contributed by atoms with Crippen molar-refractivity contribution in [2.45, 2.75) is 33.4 Å². The molecule has 0 N–H and O–H groups in total.